The van der Waals surface area contributed by atoms with Gasteiger partial charge in [0.1, 0.15) is 5.75 Å². The van der Waals surface area contributed by atoms with Crippen molar-refractivity contribution in [1.82, 2.24) is 0 Å². The number of halogens is 1. The fourth-order valence-electron chi connectivity index (χ4n) is 2.36. The summed E-state index contributed by atoms with van der Waals surface area (Å²) >= 11 is 6.28. The maximum absolute atomic E-state index is 6.28. The molecule has 1 aromatic rings. The van der Waals surface area contributed by atoms with Crippen LogP contribution in [-0.4, -0.2) is 32.6 Å². The molecule has 1 aromatic carbocycles. The van der Waals surface area contributed by atoms with E-state index in [4.69, 9.17) is 21.1 Å². The van der Waals surface area contributed by atoms with Crippen molar-refractivity contribution >= 4 is 17.8 Å². The van der Waals surface area contributed by atoms with Crippen LogP contribution in [0.15, 0.2) is 17.1 Å². The van der Waals surface area contributed by atoms with Crippen LogP contribution in [-0.2, 0) is 11.2 Å². The van der Waals surface area contributed by atoms with E-state index < -0.39 is 0 Å². The lowest BCUT2D eigenvalue weighted by molar-refractivity contribution is 0.172. The molecule has 4 heteroatoms. The number of hydrogen-bond acceptors (Lipinski definition) is 3. The van der Waals surface area contributed by atoms with Crippen molar-refractivity contribution in [2.75, 3.05) is 20.3 Å². The summed E-state index contributed by atoms with van der Waals surface area (Å²) in [7, 11) is 1.69. The minimum absolute atomic E-state index is 0.160. The summed E-state index contributed by atoms with van der Waals surface area (Å²) in [5.41, 5.74) is 2.52. The quantitative estimate of drug-likeness (QED) is 0.765. The standard InChI is InChI=1S/C17H24ClNO2/c1-17(2,3)16-10-12-9-15(21-7-5-6-20-4)14(18)8-13(12)11-19-16/h8-9,11,16H,5-7,10H2,1-4H3. The van der Waals surface area contributed by atoms with Gasteiger partial charge in [-0.15, -0.1) is 0 Å². The molecule has 0 aliphatic carbocycles. The molecule has 0 spiro atoms. The van der Waals surface area contributed by atoms with Gasteiger partial charge in [0.2, 0.25) is 0 Å². The van der Waals surface area contributed by atoms with Gasteiger partial charge in [0.15, 0.2) is 0 Å². The Hall–Kier alpha value is -1.06. The average molecular weight is 310 g/mol. The number of benzene rings is 1. The maximum Gasteiger partial charge on any atom is 0.138 e. The number of rotatable bonds is 5. The second kappa shape index (κ2) is 6.80. The summed E-state index contributed by atoms with van der Waals surface area (Å²) in [5, 5.41) is 0.645. The van der Waals surface area contributed by atoms with Gasteiger partial charge in [-0.1, -0.05) is 32.4 Å². The van der Waals surface area contributed by atoms with E-state index >= 15 is 0 Å². The van der Waals surface area contributed by atoms with Gasteiger partial charge < -0.3 is 9.47 Å². The number of hydrogen-bond donors (Lipinski definition) is 0. The lowest BCUT2D eigenvalue weighted by Crippen LogP contribution is -2.29. The number of nitrogens with zero attached hydrogens (tertiary/aromatic N) is 1. The minimum atomic E-state index is 0.160. The SMILES string of the molecule is COCCCOc1cc2c(cc1Cl)C=NC(C(C)(C)C)C2. The zero-order valence-corrected chi connectivity index (χ0v) is 14.0. The lowest BCUT2D eigenvalue weighted by atomic mass is 9.81. The molecule has 21 heavy (non-hydrogen) atoms. The summed E-state index contributed by atoms with van der Waals surface area (Å²) in [6.45, 7) is 7.97. The van der Waals surface area contributed by atoms with E-state index in [2.05, 4.69) is 31.8 Å². The third kappa shape index (κ3) is 4.21. The summed E-state index contributed by atoms with van der Waals surface area (Å²) in [6, 6.07) is 4.31. The topological polar surface area (TPSA) is 30.8 Å². The van der Waals surface area contributed by atoms with Crippen molar-refractivity contribution < 1.29 is 9.47 Å². The molecule has 3 nitrogen and oxygen atoms in total. The average Bonchev–Trinajstić information content (AvgIpc) is 2.42. The van der Waals surface area contributed by atoms with Crippen molar-refractivity contribution in [1.29, 1.82) is 0 Å². The number of ether oxygens (including phenoxy) is 2. The molecule has 116 valence electrons. The first kappa shape index (κ1) is 16.3. The Labute approximate surface area is 132 Å². The second-order valence-corrected chi connectivity index (χ2v) is 6.95. The van der Waals surface area contributed by atoms with Crippen LogP contribution in [0.5, 0.6) is 5.75 Å². The fourth-order valence-corrected chi connectivity index (χ4v) is 2.59. The first-order valence-corrected chi connectivity index (χ1v) is 7.77. The number of methoxy groups -OCH3 is 1. The molecule has 0 amide bonds. The Bertz CT molecular complexity index is 520. The Morgan fingerprint density at radius 3 is 2.71 bits per heavy atom. The van der Waals surface area contributed by atoms with Crippen LogP contribution in [0.2, 0.25) is 5.02 Å². The summed E-state index contributed by atoms with van der Waals surface area (Å²) < 4.78 is 10.8. The highest BCUT2D eigenvalue weighted by Crippen LogP contribution is 2.34. The molecule has 0 saturated heterocycles. The number of aliphatic imine (C=N–C) groups is 1. The normalized spacial score (nSPS) is 17.7. The fraction of sp³-hybridized carbons (Fsp3) is 0.588. The molecule has 0 fully saturated rings. The molecule has 1 heterocycles. The largest absolute Gasteiger partial charge is 0.492 e. The van der Waals surface area contributed by atoms with Crippen LogP contribution in [0.4, 0.5) is 0 Å². The molecule has 2 rings (SSSR count). The van der Waals surface area contributed by atoms with E-state index in [1.54, 1.807) is 7.11 Å². The van der Waals surface area contributed by atoms with Gasteiger partial charge in [-0.05, 0) is 35.1 Å². The minimum Gasteiger partial charge on any atom is -0.492 e. The molecular formula is C17H24ClNO2. The van der Waals surface area contributed by atoms with E-state index in [0.29, 0.717) is 24.3 Å². The van der Waals surface area contributed by atoms with Crippen LogP contribution in [0.3, 0.4) is 0 Å². The third-order valence-electron chi connectivity index (χ3n) is 3.75. The van der Waals surface area contributed by atoms with Crippen LogP contribution in [0, 0.1) is 5.41 Å². The van der Waals surface area contributed by atoms with Gasteiger partial charge in [-0.3, -0.25) is 4.99 Å². The van der Waals surface area contributed by atoms with Crippen LogP contribution in [0.25, 0.3) is 0 Å². The first-order chi connectivity index (χ1) is 9.91. The van der Waals surface area contributed by atoms with Gasteiger partial charge in [-0.2, -0.15) is 0 Å². The zero-order chi connectivity index (χ0) is 15.5. The van der Waals surface area contributed by atoms with Crippen LogP contribution < -0.4 is 4.74 Å². The van der Waals surface area contributed by atoms with Crippen molar-refractivity contribution in [2.45, 2.75) is 39.7 Å². The first-order valence-electron chi connectivity index (χ1n) is 7.39. The summed E-state index contributed by atoms with van der Waals surface area (Å²) in [4.78, 5) is 4.66. The smallest absolute Gasteiger partial charge is 0.138 e. The Morgan fingerprint density at radius 2 is 2.05 bits per heavy atom. The monoisotopic (exact) mass is 309 g/mol. The molecule has 1 aliphatic heterocycles. The van der Waals surface area contributed by atoms with Gasteiger partial charge in [0, 0.05) is 26.4 Å². The zero-order valence-electron chi connectivity index (χ0n) is 13.3. The van der Waals surface area contributed by atoms with Crippen molar-refractivity contribution in [3.63, 3.8) is 0 Å². The van der Waals surface area contributed by atoms with Crippen LogP contribution >= 0.6 is 11.6 Å². The summed E-state index contributed by atoms with van der Waals surface area (Å²) in [5.74, 6) is 0.759. The highest BCUT2D eigenvalue weighted by molar-refractivity contribution is 6.32. The van der Waals surface area contributed by atoms with E-state index in [9.17, 15) is 0 Å². The second-order valence-electron chi connectivity index (χ2n) is 6.54. The maximum atomic E-state index is 6.28. The third-order valence-corrected chi connectivity index (χ3v) is 4.05. The van der Waals surface area contributed by atoms with Crippen LogP contribution in [0.1, 0.15) is 38.3 Å². The summed E-state index contributed by atoms with van der Waals surface area (Å²) in [6.07, 6.45) is 3.73. The molecule has 0 N–H and O–H groups in total. The van der Waals surface area contributed by atoms with Gasteiger partial charge in [0.25, 0.3) is 0 Å². The van der Waals surface area contributed by atoms with E-state index in [0.717, 1.165) is 24.2 Å². The van der Waals surface area contributed by atoms with Gasteiger partial charge >= 0.3 is 0 Å². The molecule has 1 aliphatic rings. The Morgan fingerprint density at radius 1 is 1.29 bits per heavy atom. The van der Waals surface area contributed by atoms with E-state index in [1.165, 1.54) is 5.56 Å². The van der Waals surface area contributed by atoms with E-state index in [-0.39, 0.29) is 5.41 Å². The molecule has 0 aromatic heterocycles. The van der Waals surface area contributed by atoms with Gasteiger partial charge in [-0.25, -0.2) is 0 Å². The predicted molar refractivity (Wildman–Crippen MR) is 88.0 cm³/mol. The highest BCUT2D eigenvalue weighted by Gasteiger charge is 2.27. The van der Waals surface area contributed by atoms with Crippen molar-refractivity contribution in [2.24, 2.45) is 10.4 Å². The lowest BCUT2D eigenvalue weighted by Gasteiger charge is -2.30. The molecule has 0 radical (unpaired) electrons. The van der Waals surface area contributed by atoms with Crippen molar-refractivity contribution in [3.05, 3.63) is 28.3 Å². The predicted octanol–water partition coefficient (Wildman–Crippen LogP) is 4.15. The molecule has 1 atom stereocenters. The molecule has 1 unspecified atom stereocenters. The number of fused-ring (bicyclic) bond motifs is 1. The highest BCUT2D eigenvalue weighted by atomic mass is 35.5. The Kier molecular flexibility index (Phi) is 5.28. The Balaban J connectivity index is 2.12. The van der Waals surface area contributed by atoms with E-state index in [1.807, 2.05) is 12.3 Å². The van der Waals surface area contributed by atoms with Crippen molar-refractivity contribution in [3.8, 4) is 5.75 Å². The molecular weight excluding hydrogens is 286 g/mol. The molecule has 0 saturated carbocycles. The molecule has 0 bridgehead atoms. The van der Waals surface area contributed by atoms with Gasteiger partial charge in [0.05, 0.1) is 17.7 Å².